The number of phenols is 1. The van der Waals surface area contributed by atoms with Gasteiger partial charge in [-0.15, -0.1) is 0 Å². The van der Waals surface area contributed by atoms with Crippen molar-refractivity contribution in [3.8, 4) is 101 Å². The largest absolute Gasteiger partial charge is 0.507 e. The quantitative estimate of drug-likeness (QED) is 0.125. The van der Waals surface area contributed by atoms with Crippen LogP contribution in [0.3, 0.4) is 0 Å². The van der Waals surface area contributed by atoms with Crippen molar-refractivity contribution in [3.05, 3.63) is 278 Å². The van der Waals surface area contributed by atoms with E-state index in [4.69, 9.17) is 9.97 Å². The number of aromatic hydroxyl groups is 1. The second kappa shape index (κ2) is 21.2. The number of aromatic nitrogens is 3. The SMILES string of the molecule is CC(C)(c1ccccc1)c1ccc(-c2ccnc(-c3cc(-c4ccccc4)cc(-c4cccc5c4nc(-c4cc(-c6ccccc6)cc(-c6ccccc6)c4O)n5-c4ccc(CC5CCCC5)cc4-c4ccccc4)c3)c2)cc1. The van der Waals surface area contributed by atoms with Crippen LogP contribution in [0.15, 0.2) is 261 Å². The summed E-state index contributed by atoms with van der Waals surface area (Å²) < 4.78 is 2.30. The van der Waals surface area contributed by atoms with Gasteiger partial charge in [0.2, 0.25) is 0 Å². The molecule has 1 N–H and O–H groups in total. The molecule has 0 spiro atoms. The van der Waals surface area contributed by atoms with Crippen LogP contribution in [-0.2, 0) is 11.8 Å². The third-order valence-electron chi connectivity index (χ3n) is 16.5. The standard InChI is InChI=1S/C75H61N3O/c1-75(2,63-31-16-7-17-32-63)64-38-36-55(37-39-64)58-41-42-76-69(50-58)62-46-59(53-23-8-3-9-24-53)45-61(47-62)65-33-20-34-71-72(65)77-74(68-49-60(54-25-10-4-11-26-54)48-67(73(68)79)57-29-14-6-15-30-57)78(71)70-40-35-52(43-51-21-18-19-22-51)44-66(70)56-27-12-5-13-28-56/h3-17,20,23-42,44-51,79H,18-19,21-22,43H2,1-2H3. The maximum atomic E-state index is 12.9. The lowest BCUT2D eigenvalue weighted by molar-refractivity contribution is 0.479. The molecule has 4 heteroatoms. The van der Waals surface area contributed by atoms with E-state index in [2.05, 4.69) is 249 Å². The van der Waals surface area contributed by atoms with Gasteiger partial charge in [-0.2, -0.15) is 0 Å². The van der Waals surface area contributed by atoms with Crippen LogP contribution in [0.25, 0.3) is 106 Å². The topological polar surface area (TPSA) is 50.9 Å². The Labute approximate surface area is 464 Å². The average molecular weight is 1020 g/mol. The Hall–Kier alpha value is -9.38. The lowest BCUT2D eigenvalue weighted by Gasteiger charge is -2.26. The summed E-state index contributed by atoms with van der Waals surface area (Å²) in [4.78, 5) is 10.9. The Balaban J connectivity index is 1.02. The monoisotopic (exact) mass is 1020 g/mol. The molecule has 382 valence electrons. The molecule has 0 unspecified atom stereocenters. The van der Waals surface area contributed by atoms with Crippen molar-refractivity contribution < 1.29 is 5.11 Å². The highest BCUT2D eigenvalue weighted by atomic mass is 16.3. The number of pyridine rings is 1. The fraction of sp³-hybridized carbons (Fsp3) is 0.120. The molecule has 13 rings (SSSR count). The Morgan fingerprint density at radius 1 is 0.430 bits per heavy atom. The first-order valence-corrected chi connectivity index (χ1v) is 27.8. The molecule has 1 aliphatic carbocycles. The fourth-order valence-corrected chi connectivity index (χ4v) is 12.1. The van der Waals surface area contributed by atoms with Crippen molar-refractivity contribution in [2.75, 3.05) is 0 Å². The predicted molar refractivity (Wildman–Crippen MR) is 328 cm³/mol. The smallest absolute Gasteiger partial charge is 0.149 e. The van der Waals surface area contributed by atoms with Gasteiger partial charge in [0.1, 0.15) is 11.6 Å². The van der Waals surface area contributed by atoms with E-state index in [1.54, 1.807) is 0 Å². The highest BCUT2D eigenvalue weighted by Gasteiger charge is 2.27. The zero-order chi connectivity index (χ0) is 53.3. The second-order valence-electron chi connectivity index (χ2n) is 21.8. The zero-order valence-electron chi connectivity index (χ0n) is 44.7. The number of benzene rings is 10. The maximum absolute atomic E-state index is 12.9. The van der Waals surface area contributed by atoms with E-state index < -0.39 is 0 Å². The molecule has 0 aliphatic heterocycles. The van der Waals surface area contributed by atoms with Gasteiger partial charge < -0.3 is 5.11 Å². The third kappa shape index (κ3) is 9.76. The summed E-state index contributed by atoms with van der Waals surface area (Å²) in [7, 11) is 0. The van der Waals surface area contributed by atoms with Crippen molar-refractivity contribution in [2.45, 2.75) is 51.4 Å². The van der Waals surface area contributed by atoms with Gasteiger partial charge in [-0.1, -0.05) is 234 Å². The minimum atomic E-state index is -0.141. The second-order valence-corrected chi connectivity index (χ2v) is 21.8. The molecule has 10 aromatic carbocycles. The lowest BCUT2D eigenvalue weighted by atomic mass is 9.78. The molecule has 4 nitrogen and oxygen atoms in total. The first-order valence-electron chi connectivity index (χ1n) is 27.8. The molecule has 0 atom stereocenters. The fourth-order valence-electron chi connectivity index (χ4n) is 12.1. The Kier molecular flexibility index (Phi) is 13.2. The third-order valence-corrected chi connectivity index (χ3v) is 16.5. The van der Waals surface area contributed by atoms with Crippen molar-refractivity contribution >= 4 is 11.0 Å². The van der Waals surface area contributed by atoms with Gasteiger partial charge in [0.05, 0.1) is 28.0 Å². The summed E-state index contributed by atoms with van der Waals surface area (Å²) in [6, 6.07) is 90.7. The highest BCUT2D eigenvalue weighted by Crippen LogP contribution is 2.46. The molecule has 12 aromatic rings. The number of imidazole rings is 1. The average Bonchev–Trinajstić information content (AvgIpc) is 4.41. The summed E-state index contributed by atoms with van der Waals surface area (Å²) in [5.74, 6) is 1.52. The van der Waals surface area contributed by atoms with E-state index in [1.807, 2.05) is 30.5 Å². The number of para-hydroxylation sites is 1. The summed E-state index contributed by atoms with van der Waals surface area (Å²) in [6.07, 6.45) is 8.15. The Morgan fingerprint density at radius 3 is 1.63 bits per heavy atom. The van der Waals surface area contributed by atoms with Gasteiger partial charge in [0, 0.05) is 33.9 Å². The number of hydrogen-bond donors (Lipinski definition) is 1. The molecule has 1 aliphatic rings. The van der Waals surface area contributed by atoms with Gasteiger partial charge in [-0.3, -0.25) is 9.55 Å². The number of phenolic OH excluding ortho intramolecular Hbond substituents is 1. The highest BCUT2D eigenvalue weighted by molar-refractivity contribution is 5.99. The van der Waals surface area contributed by atoms with Gasteiger partial charge in [-0.05, 0) is 140 Å². The molecule has 0 radical (unpaired) electrons. The van der Waals surface area contributed by atoms with Gasteiger partial charge >= 0.3 is 0 Å². The lowest BCUT2D eigenvalue weighted by Crippen LogP contribution is -2.18. The van der Waals surface area contributed by atoms with E-state index in [-0.39, 0.29) is 11.2 Å². The van der Waals surface area contributed by atoms with E-state index >= 15 is 0 Å². The number of rotatable bonds is 13. The van der Waals surface area contributed by atoms with Crippen molar-refractivity contribution in [3.63, 3.8) is 0 Å². The molecule has 1 saturated carbocycles. The maximum Gasteiger partial charge on any atom is 0.149 e. The number of hydrogen-bond acceptors (Lipinski definition) is 3. The minimum Gasteiger partial charge on any atom is -0.507 e. The number of nitrogens with zero attached hydrogens (tertiary/aromatic N) is 3. The van der Waals surface area contributed by atoms with E-state index in [0.29, 0.717) is 17.3 Å². The first kappa shape index (κ1) is 49.2. The molecule has 1 fully saturated rings. The van der Waals surface area contributed by atoms with Crippen LogP contribution in [0.5, 0.6) is 5.75 Å². The van der Waals surface area contributed by atoms with Crippen molar-refractivity contribution in [1.29, 1.82) is 0 Å². The molecule has 0 amide bonds. The first-order chi connectivity index (χ1) is 38.8. The summed E-state index contributed by atoms with van der Waals surface area (Å²) in [6.45, 7) is 4.58. The van der Waals surface area contributed by atoms with Crippen LogP contribution in [0.4, 0.5) is 0 Å². The van der Waals surface area contributed by atoms with Crippen LogP contribution in [0.1, 0.15) is 56.2 Å². The van der Waals surface area contributed by atoms with Crippen molar-refractivity contribution in [2.24, 2.45) is 5.92 Å². The van der Waals surface area contributed by atoms with Crippen molar-refractivity contribution in [1.82, 2.24) is 14.5 Å². The van der Waals surface area contributed by atoms with E-state index in [0.717, 1.165) is 101 Å². The molecular formula is C75H61N3O. The normalized spacial score (nSPS) is 12.8. The summed E-state index contributed by atoms with van der Waals surface area (Å²) >= 11 is 0. The Morgan fingerprint density at radius 2 is 0.975 bits per heavy atom. The van der Waals surface area contributed by atoms with Gasteiger partial charge in [0.15, 0.2) is 0 Å². The minimum absolute atomic E-state index is 0.141. The van der Waals surface area contributed by atoms with E-state index in [1.165, 1.54) is 42.4 Å². The van der Waals surface area contributed by atoms with Gasteiger partial charge in [-0.25, -0.2) is 4.98 Å². The molecule has 0 bridgehead atoms. The molecular weight excluding hydrogens is 959 g/mol. The molecule has 0 saturated heterocycles. The van der Waals surface area contributed by atoms with Crippen LogP contribution < -0.4 is 0 Å². The predicted octanol–water partition coefficient (Wildman–Crippen LogP) is 19.5. The molecule has 79 heavy (non-hydrogen) atoms. The van der Waals surface area contributed by atoms with E-state index in [9.17, 15) is 5.11 Å². The Bertz CT molecular complexity index is 4100. The summed E-state index contributed by atoms with van der Waals surface area (Å²) in [5, 5.41) is 12.9. The van der Waals surface area contributed by atoms with Crippen LogP contribution in [0.2, 0.25) is 0 Å². The van der Waals surface area contributed by atoms with Crippen LogP contribution in [-0.4, -0.2) is 19.6 Å². The summed E-state index contributed by atoms with van der Waals surface area (Å²) in [5.41, 5.74) is 21.4. The number of fused-ring (bicyclic) bond motifs is 1. The van der Waals surface area contributed by atoms with Crippen LogP contribution >= 0.6 is 0 Å². The van der Waals surface area contributed by atoms with Crippen LogP contribution in [0, 0.1) is 5.92 Å². The van der Waals surface area contributed by atoms with Gasteiger partial charge in [0.25, 0.3) is 0 Å². The zero-order valence-corrected chi connectivity index (χ0v) is 44.7. The molecule has 2 heterocycles. The molecule has 2 aromatic heterocycles.